The summed E-state index contributed by atoms with van der Waals surface area (Å²) in [5.74, 6) is -4.15. The third-order valence-corrected chi connectivity index (χ3v) is 5.37. The van der Waals surface area contributed by atoms with Gasteiger partial charge in [0.15, 0.2) is 11.5 Å². The number of phenolic OH excluding ortho intramolecular Hbond substituents is 2. The summed E-state index contributed by atoms with van der Waals surface area (Å²) in [4.78, 5) is 11.0. The molecular weight excluding hydrogens is 511 g/mol. The molecule has 0 aromatic heterocycles. The lowest BCUT2D eigenvalue weighted by molar-refractivity contribution is -0.274. The normalized spacial score (nSPS) is 11.8. The van der Waals surface area contributed by atoms with Gasteiger partial charge in [-0.1, -0.05) is 27.5 Å². The van der Waals surface area contributed by atoms with Crippen LogP contribution in [-0.2, 0) is 14.8 Å². The minimum atomic E-state index is -5.17. The number of halogens is 5. The number of alkyl halides is 3. The fraction of sp³-hybridized carbons (Fsp3) is 0.133. The van der Waals surface area contributed by atoms with Gasteiger partial charge in [-0.2, -0.15) is 0 Å². The van der Waals surface area contributed by atoms with Gasteiger partial charge in [0.05, 0.1) is 17.8 Å². The lowest BCUT2D eigenvalue weighted by atomic mass is 10.1. The van der Waals surface area contributed by atoms with Crippen LogP contribution in [0.2, 0.25) is 5.02 Å². The summed E-state index contributed by atoms with van der Waals surface area (Å²) in [6.07, 6.45) is -5.17. The highest BCUT2D eigenvalue weighted by molar-refractivity contribution is 9.10. The van der Waals surface area contributed by atoms with E-state index in [0.717, 1.165) is 13.2 Å². The fourth-order valence-electron chi connectivity index (χ4n) is 2.09. The summed E-state index contributed by atoms with van der Waals surface area (Å²) in [7, 11) is -3.79. The van der Waals surface area contributed by atoms with Crippen LogP contribution in [0.5, 0.6) is 17.2 Å². The van der Waals surface area contributed by atoms with Crippen molar-refractivity contribution < 1.29 is 46.1 Å². The van der Waals surface area contributed by atoms with Gasteiger partial charge in [-0.05, 0) is 18.2 Å². The Kier molecular flexibility index (Phi) is 6.45. The number of anilines is 1. The van der Waals surface area contributed by atoms with Crippen molar-refractivity contribution >= 4 is 49.2 Å². The van der Waals surface area contributed by atoms with Crippen LogP contribution in [0.25, 0.3) is 0 Å². The van der Waals surface area contributed by atoms with E-state index in [1.807, 2.05) is 0 Å². The van der Waals surface area contributed by atoms with Gasteiger partial charge in [-0.3, -0.25) is 4.72 Å². The molecule has 2 aromatic carbocycles. The summed E-state index contributed by atoms with van der Waals surface area (Å²) < 4.78 is 72.8. The maximum Gasteiger partial charge on any atom is 0.573 e. The molecular formula is C15H10BrClF3NO7S. The van der Waals surface area contributed by atoms with Crippen LogP contribution in [-0.4, -0.2) is 38.1 Å². The van der Waals surface area contributed by atoms with E-state index in [4.69, 9.17) is 11.6 Å². The lowest BCUT2D eigenvalue weighted by Crippen LogP contribution is -2.19. The summed E-state index contributed by atoms with van der Waals surface area (Å²) >= 11 is 8.70. The maximum atomic E-state index is 12.6. The Morgan fingerprint density at radius 1 is 1.17 bits per heavy atom. The molecule has 0 saturated heterocycles. The largest absolute Gasteiger partial charge is 0.573 e. The van der Waals surface area contributed by atoms with Crippen molar-refractivity contribution in [3.8, 4) is 17.2 Å². The molecule has 2 rings (SSSR count). The first-order chi connectivity index (χ1) is 13.2. The van der Waals surface area contributed by atoms with Crippen LogP contribution >= 0.6 is 27.5 Å². The zero-order valence-electron chi connectivity index (χ0n) is 14.0. The smallest absolute Gasteiger partial charge is 0.505 e. The number of aromatic hydroxyl groups is 2. The standard InChI is InChI=1S/C15H10BrClF3NO7S/c1-27-14(24)8-4-7(28-15(18,19)20)5-10(12(8)22)21-29(25,26)11-3-6(16)2-9(17)13(11)23/h2-5,21-23H,1H3. The molecule has 158 valence electrons. The Hall–Kier alpha value is -2.38. The van der Waals surface area contributed by atoms with Gasteiger partial charge >= 0.3 is 12.3 Å². The van der Waals surface area contributed by atoms with E-state index in [9.17, 15) is 36.6 Å². The van der Waals surface area contributed by atoms with Crippen molar-refractivity contribution in [3.05, 3.63) is 39.3 Å². The van der Waals surface area contributed by atoms with Crippen LogP contribution in [0.4, 0.5) is 18.9 Å². The molecule has 0 saturated carbocycles. The molecule has 0 aliphatic rings. The minimum Gasteiger partial charge on any atom is -0.505 e. The van der Waals surface area contributed by atoms with Crippen LogP contribution in [0.1, 0.15) is 10.4 Å². The van der Waals surface area contributed by atoms with Crippen molar-refractivity contribution in [1.82, 2.24) is 0 Å². The van der Waals surface area contributed by atoms with E-state index in [-0.39, 0.29) is 9.50 Å². The average Bonchev–Trinajstić information content (AvgIpc) is 2.58. The van der Waals surface area contributed by atoms with Crippen LogP contribution in [0.15, 0.2) is 33.6 Å². The van der Waals surface area contributed by atoms with Gasteiger partial charge in [0.25, 0.3) is 10.0 Å². The molecule has 0 heterocycles. The molecule has 0 fully saturated rings. The Morgan fingerprint density at radius 3 is 2.34 bits per heavy atom. The molecule has 0 aliphatic heterocycles. The fourth-order valence-corrected chi connectivity index (χ4v) is 4.31. The monoisotopic (exact) mass is 519 g/mol. The number of ether oxygens (including phenoxy) is 2. The number of carbonyl (C=O) groups is 1. The Balaban J connectivity index is 2.61. The molecule has 3 N–H and O–H groups in total. The maximum absolute atomic E-state index is 12.6. The second-order valence-corrected chi connectivity index (χ2v) is 8.22. The minimum absolute atomic E-state index is 0.161. The zero-order valence-corrected chi connectivity index (χ0v) is 17.2. The number of rotatable bonds is 5. The lowest BCUT2D eigenvalue weighted by Gasteiger charge is -2.16. The Bertz CT molecular complexity index is 1080. The van der Waals surface area contributed by atoms with E-state index in [1.165, 1.54) is 6.07 Å². The third kappa shape index (κ3) is 5.36. The number of nitrogens with one attached hydrogen (secondary N) is 1. The second-order valence-electron chi connectivity index (χ2n) is 5.25. The summed E-state index contributed by atoms with van der Waals surface area (Å²) in [5, 5.41) is 19.7. The van der Waals surface area contributed by atoms with Gasteiger partial charge in [-0.15, -0.1) is 13.2 Å². The topological polar surface area (TPSA) is 122 Å². The molecule has 2 aromatic rings. The van der Waals surface area contributed by atoms with Crippen molar-refractivity contribution in [2.45, 2.75) is 11.3 Å². The van der Waals surface area contributed by atoms with E-state index in [0.29, 0.717) is 12.1 Å². The third-order valence-electron chi connectivity index (χ3n) is 3.25. The highest BCUT2D eigenvalue weighted by atomic mass is 79.9. The first kappa shape index (κ1) is 22.9. The summed E-state index contributed by atoms with van der Waals surface area (Å²) in [5.41, 5.74) is -1.65. The van der Waals surface area contributed by atoms with E-state index < -0.39 is 55.7 Å². The van der Waals surface area contributed by atoms with Crippen molar-refractivity contribution in [3.63, 3.8) is 0 Å². The number of carbonyl (C=O) groups excluding carboxylic acids is 1. The van der Waals surface area contributed by atoms with Gasteiger partial charge in [0.2, 0.25) is 0 Å². The number of phenols is 2. The van der Waals surface area contributed by atoms with Gasteiger partial charge in [-0.25, -0.2) is 13.2 Å². The molecule has 29 heavy (non-hydrogen) atoms. The number of sulfonamides is 1. The van der Waals surface area contributed by atoms with Crippen LogP contribution in [0, 0.1) is 0 Å². The van der Waals surface area contributed by atoms with E-state index in [1.54, 1.807) is 4.72 Å². The molecule has 0 amide bonds. The molecule has 0 bridgehead atoms. The Labute approximate surface area is 175 Å². The molecule has 0 radical (unpaired) electrons. The number of methoxy groups -OCH3 is 1. The van der Waals surface area contributed by atoms with E-state index in [2.05, 4.69) is 25.4 Å². The first-order valence-electron chi connectivity index (χ1n) is 7.17. The highest BCUT2D eigenvalue weighted by Gasteiger charge is 2.33. The first-order valence-corrected chi connectivity index (χ1v) is 9.82. The molecule has 0 spiro atoms. The van der Waals surface area contributed by atoms with Gasteiger partial charge in [0.1, 0.15) is 16.2 Å². The quantitative estimate of drug-likeness (QED) is 0.402. The zero-order chi connectivity index (χ0) is 22.1. The van der Waals surface area contributed by atoms with Crippen LogP contribution < -0.4 is 9.46 Å². The summed E-state index contributed by atoms with van der Waals surface area (Å²) in [6, 6.07) is 3.15. The predicted molar refractivity (Wildman–Crippen MR) is 97.8 cm³/mol. The van der Waals surface area contributed by atoms with E-state index >= 15 is 0 Å². The number of benzene rings is 2. The van der Waals surface area contributed by atoms with Crippen molar-refractivity contribution in [2.75, 3.05) is 11.8 Å². The predicted octanol–water partition coefficient (Wildman–Crippen LogP) is 4.00. The van der Waals surface area contributed by atoms with Gasteiger partial charge in [0, 0.05) is 10.5 Å². The summed E-state index contributed by atoms with van der Waals surface area (Å²) in [6.45, 7) is 0. The van der Waals surface area contributed by atoms with Crippen LogP contribution in [0.3, 0.4) is 0 Å². The Morgan fingerprint density at radius 2 is 1.79 bits per heavy atom. The SMILES string of the molecule is COC(=O)c1cc(OC(F)(F)F)cc(NS(=O)(=O)c2cc(Br)cc(Cl)c2O)c1O. The van der Waals surface area contributed by atoms with Crippen molar-refractivity contribution in [2.24, 2.45) is 0 Å². The molecule has 0 atom stereocenters. The highest BCUT2D eigenvalue weighted by Crippen LogP contribution is 2.39. The second kappa shape index (κ2) is 8.16. The molecule has 8 nitrogen and oxygen atoms in total. The molecule has 14 heteroatoms. The molecule has 0 unspecified atom stereocenters. The van der Waals surface area contributed by atoms with Gasteiger partial charge < -0.3 is 19.7 Å². The van der Waals surface area contributed by atoms with Crippen molar-refractivity contribution in [1.29, 1.82) is 0 Å². The number of esters is 1. The average molecular weight is 521 g/mol. The number of hydrogen-bond donors (Lipinski definition) is 3. The molecule has 0 aliphatic carbocycles. The number of hydrogen-bond acceptors (Lipinski definition) is 7.